The SMILES string of the molecule is C/C=C\C(=C/C)c1ccc(N(c2ccc(-c3ccccc3)cc2)c2ccc(-c3ccc4c(c3)C(C)(C)c3ccccc3-4)c(-c3ccccc3)c2)cc1. The largest absolute Gasteiger partial charge is 0.310 e. The van der Waals surface area contributed by atoms with Gasteiger partial charge in [0.1, 0.15) is 0 Å². The van der Waals surface area contributed by atoms with Gasteiger partial charge in [0, 0.05) is 22.5 Å². The lowest BCUT2D eigenvalue weighted by Crippen LogP contribution is -2.14. The molecule has 0 aromatic heterocycles. The highest BCUT2D eigenvalue weighted by molar-refractivity contribution is 5.91. The molecule has 0 heterocycles. The standard InChI is InChI=1S/C51H43N/c1-5-15-36(6-2)38-22-27-42(28-23-38)52(43-29-24-39(25-30-43)37-16-9-7-10-17-37)44-31-33-45(48(35-44)40-18-11-8-12-19-40)41-26-32-47-46-20-13-14-21-49(46)51(3,4)50(47)34-41/h5-35H,1-4H3/b15-5-,36-6+. The average molecular weight is 670 g/mol. The van der Waals surface area contributed by atoms with Crippen molar-refractivity contribution in [2.75, 3.05) is 4.90 Å². The van der Waals surface area contributed by atoms with Gasteiger partial charge in [-0.15, -0.1) is 0 Å². The zero-order valence-corrected chi connectivity index (χ0v) is 30.3. The van der Waals surface area contributed by atoms with Crippen molar-refractivity contribution in [3.63, 3.8) is 0 Å². The highest BCUT2D eigenvalue weighted by Gasteiger charge is 2.35. The summed E-state index contributed by atoms with van der Waals surface area (Å²) >= 11 is 0. The van der Waals surface area contributed by atoms with Crippen LogP contribution in [-0.4, -0.2) is 0 Å². The maximum Gasteiger partial charge on any atom is 0.0468 e. The minimum absolute atomic E-state index is 0.0661. The molecule has 0 saturated heterocycles. The number of nitrogens with zero attached hydrogens (tertiary/aromatic N) is 1. The summed E-state index contributed by atoms with van der Waals surface area (Å²) in [7, 11) is 0. The summed E-state index contributed by atoms with van der Waals surface area (Å²) in [5.74, 6) is 0. The van der Waals surface area contributed by atoms with Crippen LogP contribution < -0.4 is 4.90 Å². The molecule has 0 amide bonds. The second-order valence-corrected chi connectivity index (χ2v) is 14.1. The van der Waals surface area contributed by atoms with Gasteiger partial charge in [0.05, 0.1) is 0 Å². The van der Waals surface area contributed by atoms with Crippen molar-refractivity contribution >= 4 is 22.6 Å². The van der Waals surface area contributed by atoms with Crippen molar-refractivity contribution < 1.29 is 0 Å². The van der Waals surface area contributed by atoms with Gasteiger partial charge in [0.15, 0.2) is 0 Å². The first-order chi connectivity index (χ1) is 25.5. The Hall–Kier alpha value is -6.18. The molecule has 7 aromatic rings. The molecule has 52 heavy (non-hydrogen) atoms. The van der Waals surface area contributed by atoms with E-state index in [4.69, 9.17) is 0 Å². The molecule has 0 saturated carbocycles. The van der Waals surface area contributed by atoms with Gasteiger partial charge >= 0.3 is 0 Å². The number of fused-ring (bicyclic) bond motifs is 3. The molecule has 7 aromatic carbocycles. The van der Waals surface area contributed by atoms with Crippen LogP contribution in [0.4, 0.5) is 17.1 Å². The van der Waals surface area contributed by atoms with Crippen molar-refractivity contribution in [3.8, 4) is 44.5 Å². The van der Waals surface area contributed by atoms with Crippen molar-refractivity contribution in [2.24, 2.45) is 0 Å². The smallest absolute Gasteiger partial charge is 0.0468 e. The first-order valence-corrected chi connectivity index (χ1v) is 18.3. The maximum absolute atomic E-state index is 2.43. The molecule has 0 N–H and O–H groups in total. The summed E-state index contributed by atoms with van der Waals surface area (Å²) < 4.78 is 0. The monoisotopic (exact) mass is 669 g/mol. The lowest BCUT2D eigenvalue weighted by Gasteiger charge is -2.27. The molecule has 0 radical (unpaired) electrons. The van der Waals surface area contributed by atoms with Crippen molar-refractivity contribution in [2.45, 2.75) is 33.1 Å². The van der Waals surface area contributed by atoms with E-state index >= 15 is 0 Å². The number of allylic oxidation sites excluding steroid dienone is 4. The fraction of sp³-hybridized carbons (Fsp3) is 0.0980. The molecular weight excluding hydrogens is 627 g/mol. The van der Waals surface area contributed by atoms with Gasteiger partial charge in [-0.25, -0.2) is 0 Å². The average Bonchev–Trinajstić information content (AvgIpc) is 3.43. The minimum atomic E-state index is -0.0661. The third kappa shape index (κ3) is 5.99. The Morgan fingerprint density at radius 3 is 1.65 bits per heavy atom. The quantitative estimate of drug-likeness (QED) is 0.146. The van der Waals surface area contributed by atoms with E-state index in [0.717, 1.165) is 17.1 Å². The Kier molecular flexibility index (Phi) is 8.79. The predicted octanol–water partition coefficient (Wildman–Crippen LogP) is 14.4. The van der Waals surface area contributed by atoms with E-state index in [1.165, 1.54) is 66.8 Å². The third-order valence-electron chi connectivity index (χ3n) is 10.6. The second-order valence-electron chi connectivity index (χ2n) is 14.1. The molecule has 252 valence electrons. The van der Waals surface area contributed by atoms with Gasteiger partial charge in [-0.3, -0.25) is 0 Å². The van der Waals surface area contributed by atoms with Crippen LogP contribution >= 0.6 is 0 Å². The van der Waals surface area contributed by atoms with Gasteiger partial charge in [0.2, 0.25) is 0 Å². The maximum atomic E-state index is 2.43. The molecule has 1 heteroatoms. The van der Waals surface area contributed by atoms with Gasteiger partial charge in [0.25, 0.3) is 0 Å². The van der Waals surface area contributed by atoms with E-state index in [1.54, 1.807) is 0 Å². The minimum Gasteiger partial charge on any atom is -0.310 e. The van der Waals surface area contributed by atoms with E-state index in [2.05, 4.69) is 221 Å². The van der Waals surface area contributed by atoms with Crippen LogP contribution in [0.1, 0.15) is 44.4 Å². The number of benzene rings is 7. The molecule has 0 fully saturated rings. The number of rotatable bonds is 8. The predicted molar refractivity (Wildman–Crippen MR) is 223 cm³/mol. The summed E-state index contributed by atoms with van der Waals surface area (Å²) in [5.41, 5.74) is 18.4. The highest BCUT2D eigenvalue weighted by Crippen LogP contribution is 2.50. The van der Waals surface area contributed by atoms with Gasteiger partial charge in [-0.1, -0.05) is 159 Å². The van der Waals surface area contributed by atoms with E-state index in [9.17, 15) is 0 Å². The molecule has 8 rings (SSSR count). The second kappa shape index (κ2) is 13.9. The van der Waals surface area contributed by atoms with Gasteiger partial charge < -0.3 is 4.90 Å². The molecule has 0 bridgehead atoms. The fourth-order valence-corrected chi connectivity index (χ4v) is 7.87. The van der Waals surface area contributed by atoms with Crippen LogP contribution in [0.15, 0.2) is 188 Å². The molecule has 1 aliphatic rings. The summed E-state index contributed by atoms with van der Waals surface area (Å²) in [6, 6.07) is 62.2. The molecule has 0 spiro atoms. The lowest BCUT2D eigenvalue weighted by molar-refractivity contribution is 0.660. The highest BCUT2D eigenvalue weighted by atomic mass is 15.1. The number of hydrogen-bond donors (Lipinski definition) is 0. The molecule has 0 aliphatic heterocycles. The van der Waals surface area contributed by atoms with Crippen LogP contribution in [0.25, 0.3) is 50.1 Å². The molecule has 0 unspecified atom stereocenters. The van der Waals surface area contributed by atoms with Crippen molar-refractivity contribution in [1.82, 2.24) is 0 Å². The van der Waals surface area contributed by atoms with E-state index in [1.807, 2.05) is 0 Å². The Morgan fingerprint density at radius 2 is 0.981 bits per heavy atom. The Bertz CT molecular complexity index is 2410. The van der Waals surface area contributed by atoms with Crippen LogP contribution in [0.5, 0.6) is 0 Å². The topological polar surface area (TPSA) is 3.24 Å². The zero-order chi connectivity index (χ0) is 35.7. The molecule has 1 aliphatic carbocycles. The van der Waals surface area contributed by atoms with E-state index in [0.29, 0.717) is 0 Å². The van der Waals surface area contributed by atoms with Crippen LogP contribution in [0.3, 0.4) is 0 Å². The first-order valence-electron chi connectivity index (χ1n) is 18.3. The Labute approximate surface area is 308 Å². The first kappa shape index (κ1) is 33.0. The molecule has 1 nitrogen and oxygen atoms in total. The normalized spacial score (nSPS) is 13.2. The summed E-state index contributed by atoms with van der Waals surface area (Å²) in [6.45, 7) is 8.87. The van der Waals surface area contributed by atoms with E-state index < -0.39 is 0 Å². The number of anilines is 3. The fourth-order valence-electron chi connectivity index (χ4n) is 7.87. The van der Waals surface area contributed by atoms with Crippen molar-refractivity contribution in [3.05, 3.63) is 205 Å². The van der Waals surface area contributed by atoms with Crippen LogP contribution in [-0.2, 0) is 5.41 Å². The Morgan fingerprint density at radius 1 is 0.442 bits per heavy atom. The third-order valence-corrected chi connectivity index (χ3v) is 10.6. The summed E-state index contributed by atoms with van der Waals surface area (Å²) in [6.07, 6.45) is 6.43. The number of hydrogen-bond acceptors (Lipinski definition) is 1. The van der Waals surface area contributed by atoms with Crippen LogP contribution in [0, 0.1) is 0 Å². The summed E-state index contributed by atoms with van der Waals surface area (Å²) in [4.78, 5) is 2.38. The lowest BCUT2D eigenvalue weighted by atomic mass is 9.81. The van der Waals surface area contributed by atoms with Gasteiger partial charge in [-0.05, 0) is 123 Å². The summed E-state index contributed by atoms with van der Waals surface area (Å²) in [5, 5.41) is 0. The molecule has 0 atom stereocenters. The zero-order valence-electron chi connectivity index (χ0n) is 30.3. The van der Waals surface area contributed by atoms with E-state index in [-0.39, 0.29) is 5.41 Å². The van der Waals surface area contributed by atoms with Crippen LogP contribution in [0.2, 0.25) is 0 Å². The molecular formula is C51H43N. The Balaban J connectivity index is 1.27. The van der Waals surface area contributed by atoms with Gasteiger partial charge in [-0.2, -0.15) is 0 Å². The van der Waals surface area contributed by atoms with Crippen molar-refractivity contribution in [1.29, 1.82) is 0 Å².